The number of aliphatic imine (C=N–C) groups is 1. The van der Waals surface area contributed by atoms with Crippen LogP contribution < -0.4 is 5.73 Å². The lowest BCUT2D eigenvalue weighted by atomic mass is 9.88. The van der Waals surface area contributed by atoms with Crippen molar-refractivity contribution in [3.63, 3.8) is 0 Å². The zero-order chi connectivity index (χ0) is 13.0. The smallest absolute Gasteiger partial charge is 0.128 e. The molecule has 0 aliphatic heterocycles. The number of benzene rings is 1. The van der Waals surface area contributed by atoms with Crippen molar-refractivity contribution >= 4 is 5.84 Å². The van der Waals surface area contributed by atoms with Crippen molar-refractivity contribution in [3.05, 3.63) is 35.4 Å². The summed E-state index contributed by atoms with van der Waals surface area (Å²) in [6, 6.07) is 3.40. The summed E-state index contributed by atoms with van der Waals surface area (Å²) in [6.07, 6.45) is 5.72. The van der Waals surface area contributed by atoms with Crippen molar-refractivity contribution in [1.29, 1.82) is 0 Å². The van der Waals surface area contributed by atoms with E-state index in [2.05, 4.69) is 4.99 Å². The summed E-state index contributed by atoms with van der Waals surface area (Å²) >= 11 is 0. The minimum absolute atomic E-state index is 0.117. The maximum atomic E-state index is 13.4. The second kappa shape index (κ2) is 5.94. The summed E-state index contributed by atoms with van der Waals surface area (Å²) in [5.41, 5.74) is 6.18. The number of nitrogens with two attached hydrogens (primary N) is 1. The topological polar surface area (TPSA) is 38.4 Å². The normalized spacial score (nSPS) is 18.0. The van der Waals surface area contributed by atoms with Crippen molar-refractivity contribution < 1.29 is 8.78 Å². The van der Waals surface area contributed by atoms with E-state index < -0.39 is 11.6 Å². The molecular weight excluding hydrogens is 234 g/mol. The Hall–Kier alpha value is -1.45. The highest BCUT2D eigenvalue weighted by atomic mass is 19.1. The van der Waals surface area contributed by atoms with Gasteiger partial charge in [0.2, 0.25) is 0 Å². The van der Waals surface area contributed by atoms with E-state index in [0.717, 1.165) is 25.0 Å². The maximum Gasteiger partial charge on any atom is 0.128 e. The van der Waals surface area contributed by atoms with Gasteiger partial charge < -0.3 is 5.73 Å². The first kappa shape index (κ1) is 13.0. The van der Waals surface area contributed by atoms with Crippen LogP contribution in [0.5, 0.6) is 0 Å². The number of hydrogen-bond acceptors (Lipinski definition) is 1. The van der Waals surface area contributed by atoms with Gasteiger partial charge in [-0.05, 0) is 31.0 Å². The quantitative estimate of drug-likeness (QED) is 0.649. The van der Waals surface area contributed by atoms with Crippen LogP contribution in [0.25, 0.3) is 0 Å². The van der Waals surface area contributed by atoms with Crippen molar-refractivity contribution in [2.45, 2.75) is 38.6 Å². The Morgan fingerprint density at radius 1 is 1.22 bits per heavy atom. The number of rotatable bonds is 3. The van der Waals surface area contributed by atoms with Crippen molar-refractivity contribution in [2.75, 3.05) is 0 Å². The molecule has 4 heteroatoms. The molecule has 98 valence electrons. The van der Waals surface area contributed by atoms with Crippen LogP contribution in [0.1, 0.15) is 37.7 Å². The molecule has 2 rings (SSSR count). The molecule has 0 amide bonds. The molecule has 18 heavy (non-hydrogen) atoms. The second-order valence-electron chi connectivity index (χ2n) is 4.81. The minimum Gasteiger partial charge on any atom is -0.387 e. The Morgan fingerprint density at radius 3 is 2.67 bits per heavy atom. The summed E-state index contributed by atoms with van der Waals surface area (Å²) in [7, 11) is 0. The molecule has 0 atom stereocenters. The summed E-state index contributed by atoms with van der Waals surface area (Å²) in [5, 5.41) is 0. The lowest BCUT2D eigenvalue weighted by Crippen LogP contribution is -2.25. The maximum absolute atomic E-state index is 13.4. The number of hydrogen-bond donors (Lipinski definition) is 1. The zero-order valence-electron chi connectivity index (χ0n) is 10.3. The Bertz CT molecular complexity index is 437. The van der Waals surface area contributed by atoms with E-state index in [1.54, 1.807) is 0 Å². The van der Waals surface area contributed by atoms with Gasteiger partial charge in [-0.25, -0.2) is 8.78 Å². The predicted octanol–water partition coefficient (Wildman–Crippen LogP) is 3.40. The summed E-state index contributed by atoms with van der Waals surface area (Å²) in [6.45, 7) is 0.117. The first-order chi connectivity index (χ1) is 8.66. The molecule has 1 aliphatic carbocycles. The van der Waals surface area contributed by atoms with Crippen LogP contribution in [0.4, 0.5) is 8.78 Å². The Kier molecular flexibility index (Phi) is 4.28. The Balaban J connectivity index is 2.02. The molecule has 1 aromatic rings. The first-order valence-electron chi connectivity index (χ1n) is 6.40. The number of halogens is 2. The summed E-state index contributed by atoms with van der Waals surface area (Å²) < 4.78 is 26.4. The fourth-order valence-corrected chi connectivity index (χ4v) is 2.37. The highest BCUT2D eigenvalue weighted by Crippen LogP contribution is 2.24. The van der Waals surface area contributed by atoms with Gasteiger partial charge >= 0.3 is 0 Å². The van der Waals surface area contributed by atoms with Crippen LogP contribution in [0.15, 0.2) is 23.2 Å². The van der Waals surface area contributed by atoms with Gasteiger partial charge in [-0.15, -0.1) is 0 Å². The molecule has 1 aromatic carbocycles. The minimum atomic E-state index is -0.446. The largest absolute Gasteiger partial charge is 0.387 e. The fourth-order valence-electron chi connectivity index (χ4n) is 2.37. The van der Waals surface area contributed by atoms with Gasteiger partial charge in [0.15, 0.2) is 0 Å². The SMILES string of the molecule is NC(=NCc1cc(F)ccc1F)C1CCCCC1. The molecule has 0 bridgehead atoms. The van der Waals surface area contributed by atoms with E-state index in [4.69, 9.17) is 5.73 Å². The highest BCUT2D eigenvalue weighted by molar-refractivity contribution is 5.82. The number of nitrogens with zero attached hydrogens (tertiary/aromatic N) is 1. The lowest BCUT2D eigenvalue weighted by molar-refractivity contribution is 0.436. The fraction of sp³-hybridized carbons (Fsp3) is 0.500. The number of amidine groups is 1. The zero-order valence-corrected chi connectivity index (χ0v) is 10.3. The van der Waals surface area contributed by atoms with Gasteiger partial charge in [0.1, 0.15) is 11.6 Å². The van der Waals surface area contributed by atoms with Gasteiger partial charge in [0, 0.05) is 11.5 Å². The molecule has 0 radical (unpaired) electrons. The van der Waals surface area contributed by atoms with E-state index in [-0.39, 0.29) is 12.1 Å². The lowest BCUT2D eigenvalue weighted by Gasteiger charge is -2.20. The third kappa shape index (κ3) is 3.28. The highest BCUT2D eigenvalue weighted by Gasteiger charge is 2.16. The van der Waals surface area contributed by atoms with Gasteiger partial charge in [-0.1, -0.05) is 19.3 Å². The van der Waals surface area contributed by atoms with Crippen molar-refractivity contribution in [2.24, 2.45) is 16.6 Å². The van der Waals surface area contributed by atoms with Crippen LogP contribution >= 0.6 is 0 Å². The van der Waals surface area contributed by atoms with Gasteiger partial charge in [-0.3, -0.25) is 4.99 Å². The molecule has 2 nitrogen and oxygen atoms in total. The van der Waals surface area contributed by atoms with Crippen molar-refractivity contribution in [1.82, 2.24) is 0 Å². The molecule has 2 N–H and O–H groups in total. The molecular formula is C14H18F2N2. The Morgan fingerprint density at radius 2 is 1.94 bits per heavy atom. The third-order valence-corrected chi connectivity index (χ3v) is 3.46. The van der Waals surface area contributed by atoms with Crippen LogP contribution in [0.2, 0.25) is 0 Å². The molecule has 1 fully saturated rings. The van der Waals surface area contributed by atoms with Crippen LogP contribution in [0.3, 0.4) is 0 Å². The molecule has 0 aromatic heterocycles. The van der Waals surface area contributed by atoms with E-state index in [9.17, 15) is 8.78 Å². The van der Waals surface area contributed by atoms with E-state index >= 15 is 0 Å². The molecule has 0 heterocycles. The molecule has 1 saturated carbocycles. The third-order valence-electron chi connectivity index (χ3n) is 3.46. The van der Waals surface area contributed by atoms with Gasteiger partial charge in [0.25, 0.3) is 0 Å². The predicted molar refractivity (Wildman–Crippen MR) is 68.3 cm³/mol. The molecule has 0 unspecified atom stereocenters. The monoisotopic (exact) mass is 252 g/mol. The molecule has 0 saturated heterocycles. The second-order valence-corrected chi connectivity index (χ2v) is 4.81. The van der Waals surface area contributed by atoms with E-state index in [0.29, 0.717) is 11.8 Å². The summed E-state index contributed by atoms with van der Waals surface area (Å²) in [4.78, 5) is 4.21. The first-order valence-corrected chi connectivity index (χ1v) is 6.40. The standard InChI is InChI=1S/C14H18F2N2/c15-12-6-7-13(16)11(8-12)9-18-14(17)10-4-2-1-3-5-10/h6-8,10H,1-5,9H2,(H2,17,18). The summed E-state index contributed by atoms with van der Waals surface area (Å²) in [5.74, 6) is 0.0168. The Labute approximate surface area is 106 Å². The molecule has 0 spiro atoms. The van der Waals surface area contributed by atoms with Crippen LogP contribution in [0, 0.1) is 17.6 Å². The molecule has 1 aliphatic rings. The average Bonchev–Trinajstić information content (AvgIpc) is 2.40. The van der Waals surface area contributed by atoms with Gasteiger partial charge in [-0.2, -0.15) is 0 Å². The van der Waals surface area contributed by atoms with Crippen LogP contribution in [-0.2, 0) is 6.54 Å². The van der Waals surface area contributed by atoms with Crippen molar-refractivity contribution in [3.8, 4) is 0 Å². The van der Waals surface area contributed by atoms with E-state index in [1.807, 2.05) is 0 Å². The van der Waals surface area contributed by atoms with Crippen LogP contribution in [-0.4, -0.2) is 5.84 Å². The van der Waals surface area contributed by atoms with E-state index in [1.165, 1.54) is 25.3 Å². The van der Waals surface area contributed by atoms with Gasteiger partial charge in [0.05, 0.1) is 12.4 Å². The average molecular weight is 252 g/mol.